The number of pyridine rings is 1. The Morgan fingerprint density at radius 2 is 1.70 bits per heavy atom. The molecule has 0 saturated heterocycles. The largest absolute Gasteiger partial charge is 0.457 e. The maximum atomic E-state index is 11.1. The normalized spacial score (nSPS) is 15.2. The van der Waals surface area contributed by atoms with Crippen LogP contribution >= 0.6 is 0 Å². The molecule has 4 rings (SSSR count). The van der Waals surface area contributed by atoms with Gasteiger partial charge in [0.2, 0.25) is 5.90 Å². The fourth-order valence-electron chi connectivity index (χ4n) is 3.03. The second kappa shape index (κ2) is 9.22. The number of aromatic nitrogens is 1. The second-order valence-electron chi connectivity index (χ2n) is 7.06. The summed E-state index contributed by atoms with van der Waals surface area (Å²) >= 11 is 0. The van der Waals surface area contributed by atoms with Crippen LogP contribution in [-0.2, 0) is 16.1 Å². The molecule has 0 bridgehead atoms. The Bertz CT molecular complexity index is 1020. The maximum Gasteiger partial charge on any atom is 0.235 e. The van der Waals surface area contributed by atoms with Crippen LogP contribution in [-0.4, -0.2) is 16.7 Å². The van der Waals surface area contributed by atoms with Crippen LogP contribution in [0.15, 0.2) is 78.1 Å². The SMILES string of the molecule is CC(=O)CCc1ccc(OC2=NO[C@@H](c3ccc(Oc4ccccc4)cc3)C2)cn1. The van der Waals surface area contributed by atoms with Gasteiger partial charge >= 0.3 is 0 Å². The number of ether oxygens (including phenoxy) is 2. The lowest BCUT2D eigenvalue weighted by Gasteiger charge is -2.10. The van der Waals surface area contributed by atoms with E-state index in [1.165, 1.54) is 0 Å². The van der Waals surface area contributed by atoms with Crippen molar-refractivity contribution in [2.24, 2.45) is 5.16 Å². The van der Waals surface area contributed by atoms with Crippen LogP contribution in [0.1, 0.15) is 37.1 Å². The molecule has 1 aliphatic heterocycles. The lowest BCUT2D eigenvalue weighted by molar-refractivity contribution is -0.116. The molecule has 1 aromatic heterocycles. The van der Waals surface area contributed by atoms with Gasteiger partial charge in [0.15, 0.2) is 6.10 Å². The zero-order valence-electron chi connectivity index (χ0n) is 16.7. The summed E-state index contributed by atoms with van der Waals surface area (Å²) < 4.78 is 11.6. The molecule has 152 valence electrons. The van der Waals surface area contributed by atoms with E-state index in [0.29, 0.717) is 30.9 Å². The third-order valence-corrected chi connectivity index (χ3v) is 4.64. The first-order valence-electron chi connectivity index (χ1n) is 9.83. The van der Waals surface area contributed by atoms with Crippen molar-refractivity contribution in [3.05, 3.63) is 84.2 Å². The van der Waals surface area contributed by atoms with Crippen LogP contribution in [0, 0.1) is 0 Å². The lowest BCUT2D eigenvalue weighted by Crippen LogP contribution is -2.07. The lowest BCUT2D eigenvalue weighted by atomic mass is 10.1. The number of ketones is 1. The summed E-state index contributed by atoms with van der Waals surface area (Å²) in [6, 6.07) is 21.1. The molecule has 0 aliphatic carbocycles. The van der Waals surface area contributed by atoms with Crippen LogP contribution in [0.5, 0.6) is 17.2 Å². The van der Waals surface area contributed by atoms with Gasteiger partial charge < -0.3 is 19.1 Å². The predicted molar refractivity (Wildman–Crippen MR) is 113 cm³/mol. The number of hydrogen-bond acceptors (Lipinski definition) is 6. The van der Waals surface area contributed by atoms with Gasteiger partial charge in [0.05, 0.1) is 12.6 Å². The van der Waals surface area contributed by atoms with Crippen LogP contribution in [0.3, 0.4) is 0 Å². The summed E-state index contributed by atoms with van der Waals surface area (Å²) in [5.74, 6) is 2.80. The van der Waals surface area contributed by atoms with E-state index in [1.54, 1.807) is 13.1 Å². The van der Waals surface area contributed by atoms with Gasteiger partial charge in [-0.15, -0.1) is 0 Å². The Hall–Kier alpha value is -3.67. The number of carbonyl (C=O) groups excluding carboxylic acids is 1. The van der Waals surface area contributed by atoms with Crippen LogP contribution in [0.25, 0.3) is 0 Å². The molecular formula is C24H22N2O4. The third kappa shape index (κ3) is 5.23. The molecule has 0 saturated carbocycles. The Morgan fingerprint density at radius 1 is 0.967 bits per heavy atom. The number of para-hydroxylation sites is 1. The van der Waals surface area contributed by atoms with Crippen molar-refractivity contribution in [2.45, 2.75) is 32.3 Å². The fourth-order valence-corrected chi connectivity index (χ4v) is 3.03. The van der Waals surface area contributed by atoms with Gasteiger partial charge in [-0.05, 0) is 55.3 Å². The minimum Gasteiger partial charge on any atom is -0.457 e. The van der Waals surface area contributed by atoms with E-state index in [0.717, 1.165) is 22.8 Å². The molecule has 0 unspecified atom stereocenters. The number of hydrogen-bond donors (Lipinski definition) is 0. The van der Waals surface area contributed by atoms with E-state index in [1.807, 2.05) is 66.7 Å². The number of nitrogens with zero attached hydrogens (tertiary/aromatic N) is 2. The van der Waals surface area contributed by atoms with Crippen molar-refractivity contribution < 1.29 is 19.1 Å². The molecular weight excluding hydrogens is 380 g/mol. The summed E-state index contributed by atoms with van der Waals surface area (Å²) in [7, 11) is 0. The fraction of sp³-hybridized carbons (Fsp3) is 0.208. The van der Waals surface area contributed by atoms with Gasteiger partial charge in [-0.25, -0.2) is 0 Å². The smallest absolute Gasteiger partial charge is 0.235 e. The van der Waals surface area contributed by atoms with E-state index >= 15 is 0 Å². The van der Waals surface area contributed by atoms with E-state index in [4.69, 9.17) is 14.3 Å². The molecule has 1 aliphatic rings. The summed E-state index contributed by atoms with van der Waals surface area (Å²) in [6.45, 7) is 1.58. The van der Waals surface area contributed by atoms with Crippen molar-refractivity contribution >= 4 is 11.7 Å². The summed E-state index contributed by atoms with van der Waals surface area (Å²) in [4.78, 5) is 20.9. The van der Waals surface area contributed by atoms with Gasteiger partial charge in [-0.1, -0.05) is 35.5 Å². The molecule has 0 amide bonds. The zero-order chi connectivity index (χ0) is 20.8. The van der Waals surface area contributed by atoms with E-state index < -0.39 is 0 Å². The number of aryl methyl sites for hydroxylation is 1. The van der Waals surface area contributed by atoms with Crippen LogP contribution in [0.4, 0.5) is 0 Å². The van der Waals surface area contributed by atoms with Gasteiger partial charge in [-0.2, -0.15) is 0 Å². The number of rotatable bonds is 7. The van der Waals surface area contributed by atoms with Crippen molar-refractivity contribution in [2.75, 3.05) is 0 Å². The minimum atomic E-state index is -0.200. The Kier molecular flexibility index (Phi) is 6.03. The van der Waals surface area contributed by atoms with Gasteiger partial charge in [0, 0.05) is 12.1 Å². The highest BCUT2D eigenvalue weighted by molar-refractivity contribution is 5.79. The highest BCUT2D eigenvalue weighted by Gasteiger charge is 2.24. The number of Topliss-reactive ketones (excluding diaryl/α,β-unsaturated/α-hetero) is 1. The first kappa shape index (κ1) is 19.6. The third-order valence-electron chi connectivity index (χ3n) is 4.64. The Morgan fingerprint density at radius 3 is 2.40 bits per heavy atom. The van der Waals surface area contributed by atoms with Crippen molar-refractivity contribution in [3.63, 3.8) is 0 Å². The van der Waals surface area contributed by atoms with Crippen molar-refractivity contribution in [1.82, 2.24) is 4.98 Å². The molecule has 6 nitrogen and oxygen atoms in total. The molecule has 0 fully saturated rings. The number of oxime groups is 1. The van der Waals surface area contributed by atoms with E-state index in [-0.39, 0.29) is 11.9 Å². The van der Waals surface area contributed by atoms with Gasteiger partial charge in [-0.3, -0.25) is 4.98 Å². The quantitative estimate of drug-likeness (QED) is 0.540. The molecule has 30 heavy (non-hydrogen) atoms. The van der Waals surface area contributed by atoms with Gasteiger partial charge in [0.1, 0.15) is 23.0 Å². The number of carbonyl (C=O) groups is 1. The van der Waals surface area contributed by atoms with Gasteiger partial charge in [0.25, 0.3) is 0 Å². The highest BCUT2D eigenvalue weighted by Crippen LogP contribution is 2.30. The van der Waals surface area contributed by atoms with Crippen LogP contribution in [0.2, 0.25) is 0 Å². The molecule has 0 N–H and O–H groups in total. The van der Waals surface area contributed by atoms with E-state index in [9.17, 15) is 4.79 Å². The minimum absolute atomic E-state index is 0.153. The molecule has 1 atom stereocenters. The summed E-state index contributed by atoms with van der Waals surface area (Å²) in [6.07, 6.45) is 3.09. The first-order valence-corrected chi connectivity index (χ1v) is 9.83. The molecule has 2 heterocycles. The predicted octanol–water partition coefficient (Wildman–Crippen LogP) is 5.25. The highest BCUT2D eigenvalue weighted by atomic mass is 16.7. The Labute approximate surface area is 175 Å². The standard InChI is InChI=1S/C24H22N2O4/c1-17(27)7-10-19-11-14-22(16-25-19)29-24-15-23(30-26-24)18-8-12-21(13-9-18)28-20-5-3-2-4-6-20/h2-6,8-9,11-14,16,23H,7,10,15H2,1H3/t23-/m1/s1. The van der Waals surface area contributed by atoms with Crippen LogP contribution < -0.4 is 9.47 Å². The van der Waals surface area contributed by atoms with Crippen molar-refractivity contribution in [3.8, 4) is 17.2 Å². The monoisotopic (exact) mass is 402 g/mol. The molecule has 3 aromatic rings. The molecule has 0 spiro atoms. The Balaban J connectivity index is 1.30. The first-order chi connectivity index (χ1) is 14.7. The summed E-state index contributed by atoms with van der Waals surface area (Å²) in [5.41, 5.74) is 1.85. The topological polar surface area (TPSA) is 70.0 Å². The van der Waals surface area contributed by atoms with E-state index in [2.05, 4.69) is 10.1 Å². The zero-order valence-corrected chi connectivity index (χ0v) is 16.7. The second-order valence-corrected chi connectivity index (χ2v) is 7.06. The number of benzene rings is 2. The van der Waals surface area contributed by atoms with Crippen molar-refractivity contribution in [1.29, 1.82) is 0 Å². The summed E-state index contributed by atoms with van der Waals surface area (Å²) in [5, 5.41) is 4.05. The molecule has 0 radical (unpaired) electrons. The average molecular weight is 402 g/mol. The molecule has 6 heteroatoms. The average Bonchev–Trinajstić information content (AvgIpc) is 3.23. The molecule has 2 aromatic carbocycles. The maximum absolute atomic E-state index is 11.1.